The number of carbonyl (C=O) groups is 1. The summed E-state index contributed by atoms with van der Waals surface area (Å²) in [7, 11) is 0. The maximum atomic E-state index is 12.4. The van der Waals surface area contributed by atoms with Crippen LogP contribution in [0.1, 0.15) is 5.82 Å². The maximum absolute atomic E-state index is 12.4. The van der Waals surface area contributed by atoms with Crippen LogP contribution in [-0.4, -0.2) is 30.0 Å². The first-order valence-corrected chi connectivity index (χ1v) is 9.51. The molecule has 1 aromatic carbocycles. The topological polar surface area (TPSA) is 69.7 Å². The molecule has 4 rings (SSSR count). The van der Waals surface area contributed by atoms with Gasteiger partial charge in [0.05, 0.1) is 5.69 Å². The highest BCUT2D eigenvalue weighted by molar-refractivity contribution is 7.71. The minimum Gasteiger partial charge on any atom is -0.300 e. The van der Waals surface area contributed by atoms with Crippen LogP contribution in [0.3, 0.4) is 0 Å². The number of anilines is 1. The van der Waals surface area contributed by atoms with E-state index in [9.17, 15) is 4.79 Å². The van der Waals surface area contributed by atoms with Gasteiger partial charge >= 0.3 is 0 Å². The molecule has 0 atom stereocenters. The normalized spacial score (nSPS) is 10.9. The number of hydrogen-bond acceptors (Lipinski definition) is 5. The highest BCUT2D eigenvalue weighted by atomic mass is 32.1. The first-order chi connectivity index (χ1) is 13.1. The molecule has 3 heterocycles. The van der Waals surface area contributed by atoms with Crippen LogP contribution in [0, 0.1) is 11.7 Å². The van der Waals surface area contributed by atoms with Crippen molar-refractivity contribution in [3.8, 4) is 11.3 Å². The summed E-state index contributed by atoms with van der Waals surface area (Å²) in [5.41, 5.74) is 1.85. The Balaban J connectivity index is 1.49. The molecule has 3 aromatic heterocycles. The molecule has 0 aliphatic heterocycles. The van der Waals surface area contributed by atoms with Crippen LogP contribution in [0.4, 0.5) is 5.13 Å². The number of thiazole rings is 1. The van der Waals surface area contributed by atoms with E-state index in [1.807, 2.05) is 71.8 Å². The van der Waals surface area contributed by atoms with E-state index in [1.54, 1.807) is 4.68 Å². The Morgan fingerprint density at radius 2 is 1.93 bits per heavy atom. The summed E-state index contributed by atoms with van der Waals surface area (Å²) in [6, 6.07) is 13.6. The van der Waals surface area contributed by atoms with Gasteiger partial charge in [-0.2, -0.15) is 5.10 Å². The van der Waals surface area contributed by atoms with Crippen LogP contribution in [0.5, 0.6) is 0 Å². The number of nitrogens with zero attached hydrogens (tertiary/aromatic N) is 5. The third-order valence-corrected chi connectivity index (χ3v) is 5.05. The van der Waals surface area contributed by atoms with Crippen molar-refractivity contribution >= 4 is 34.6 Å². The summed E-state index contributed by atoms with van der Waals surface area (Å²) in [6.07, 6.45) is 3.74. The third kappa shape index (κ3) is 3.60. The van der Waals surface area contributed by atoms with Gasteiger partial charge in [0.2, 0.25) is 10.7 Å². The van der Waals surface area contributed by atoms with Gasteiger partial charge in [-0.05, 0) is 31.3 Å². The molecule has 0 unspecified atom stereocenters. The van der Waals surface area contributed by atoms with E-state index in [0.29, 0.717) is 15.7 Å². The molecule has 4 aromatic rings. The van der Waals surface area contributed by atoms with E-state index in [1.165, 1.54) is 16.0 Å². The zero-order chi connectivity index (χ0) is 18.8. The Bertz CT molecular complexity index is 1120. The molecular formula is C18H16N6OS2. The lowest BCUT2D eigenvalue weighted by Gasteiger charge is -2.04. The Morgan fingerprint density at radius 3 is 2.67 bits per heavy atom. The molecule has 0 spiro atoms. The van der Waals surface area contributed by atoms with Gasteiger partial charge in [-0.15, -0.1) is 11.3 Å². The molecule has 1 N–H and O–H groups in total. The van der Waals surface area contributed by atoms with Crippen molar-refractivity contribution in [1.82, 2.24) is 24.1 Å². The molecule has 0 radical (unpaired) electrons. The molecule has 1 amide bonds. The van der Waals surface area contributed by atoms with Crippen LogP contribution in [0.2, 0.25) is 0 Å². The quantitative estimate of drug-likeness (QED) is 0.523. The van der Waals surface area contributed by atoms with Gasteiger partial charge < -0.3 is 5.32 Å². The van der Waals surface area contributed by atoms with Crippen molar-refractivity contribution in [3.63, 3.8) is 0 Å². The van der Waals surface area contributed by atoms with Gasteiger partial charge in [0.25, 0.3) is 0 Å². The summed E-state index contributed by atoms with van der Waals surface area (Å²) in [6.45, 7) is 1.87. The summed E-state index contributed by atoms with van der Waals surface area (Å²) < 4.78 is 5.54. The molecule has 9 heteroatoms. The SMILES string of the molecule is Cc1nn(CC(=O)Nc2nc(-c3ccccc3)cs2)c(=S)n1-n1cccc1. The highest BCUT2D eigenvalue weighted by Gasteiger charge is 2.13. The summed E-state index contributed by atoms with van der Waals surface area (Å²) in [5.74, 6) is 0.474. The number of carbonyl (C=O) groups excluding carboxylic acids is 1. The predicted molar refractivity (Wildman–Crippen MR) is 107 cm³/mol. The fourth-order valence-corrected chi connectivity index (χ4v) is 3.77. The second-order valence-corrected chi connectivity index (χ2v) is 7.04. The van der Waals surface area contributed by atoms with E-state index >= 15 is 0 Å². The molecule has 0 aliphatic carbocycles. The molecule has 0 bridgehead atoms. The Hall–Kier alpha value is -3.04. The van der Waals surface area contributed by atoms with Crippen molar-refractivity contribution in [2.75, 3.05) is 5.32 Å². The lowest BCUT2D eigenvalue weighted by Crippen LogP contribution is -2.20. The zero-order valence-electron chi connectivity index (χ0n) is 14.4. The van der Waals surface area contributed by atoms with Crippen molar-refractivity contribution < 1.29 is 4.79 Å². The Morgan fingerprint density at radius 1 is 1.19 bits per heavy atom. The first-order valence-electron chi connectivity index (χ1n) is 8.23. The van der Waals surface area contributed by atoms with Crippen molar-refractivity contribution in [1.29, 1.82) is 0 Å². The predicted octanol–water partition coefficient (Wildman–Crippen LogP) is 3.60. The largest absolute Gasteiger partial charge is 0.300 e. The van der Waals surface area contributed by atoms with Crippen molar-refractivity contribution in [3.05, 3.63) is 70.8 Å². The zero-order valence-corrected chi connectivity index (χ0v) is 16.1. The number of nitrogens with one attached hydrogen (secondary N) is 1. The number of aryl methyl sites for hydroxylation is 1. The molecule has 0 saturated carbocycles. The summed E-state index contributed by atoms with van der Waals surface area (Å²) >= 11 is 6.85. The number of benzene rings is 1. The van der Waals surface area contributed by atoms with Crippen LogP contribution in [0.15, 0.2) is 60.2 Å². The van der Waals surface area contributed by atoms with E-state index < -0.39 is 0 Å². The van der Waals surface area contributed by atoms with Crippen LogP contribution in [0.25, 0.3) is 11.3 Å². The van der Waals surface area contributed by atoms with E-state index in [2.05, 4.69) is 15.4 Å². The van der Waals surface area contributed by atoms with Gasteiger partial charge in [0.15, 0.2) is 5.13 Å². The molecule has 136 valence electrons. The van der Waals surface area contributed by atoms with E-state index in [-0.39, 0.29) is 12.5 Å². The van der Waals surface area contributed by atoms with Crippen LogP contribution in [-0.2, 0) is 11.3 Å². The van der Waals surface area contributed by atoms with Gasteiger partial charge in [0.1, 0.15) is 12.4 Å². The standard InChI is InChI=1S/C18H16N6OS2/c1-13-21-23(18(26)24(13)22-9-5-6-10-22)11-16(25)20-17-19-15(12-27-17)14-7-3-2-4-8-14/h2-10,12H,11H2,1H3,(H,19,20,25). The molecular weight excluding hydrogens is 380 g/mol. The fraction of sp³-hybridized carbons (Fsp3) is 0.111. The molecule has 7 nitrogen and oxygen atoms in total. The second kappa shape index (κ2) is 7.29. The molecule has 27 heavy (non-hydrogen) atoms. The maximum Gasteiger partial charge on any atom is 0.248 e. The summed E-state index contributed by atoms with van der Waals surface area (Å²) in [4.78, 5) is 16.9. The molecule has 0 aliphatic rings. The average molecular weight is 397 g/mol. The van der Waals surface area contributed by atoms with E-state index in [0.717, 1.165) is 11.3 Å². The number of hydrogen-bond donors (Lipinski definition) is 1. The lowest BCUT2D eigenvalue weighted by atomic mass is 10.2. The van der Waals surface area contributed by atoms with Gasteiger partial charge in [-0.25, -0.2) is 14.3 Å². The summed E-state index contributed by atoms with van der Waals surface area (Å²) in [5, 5.41) is 9.66. The monoisotopic (exact) mass is 396 g/mol. The number of amides is 1. The first kappa shape index (κ1) is 17.4. The minimum atomic E-state index is -0.225. The van der Waals surface area contributed by atoms with Crippen LogP contribution < -0.4 is 5.32 Å². The highest BCUT2D eigenvalue weighted by Crippen LogP contribution is 2.24. The van der Waals surface area contributed by atoms with Crippen LogP contribution >= 0.6 is 23.6 Å². The molecule has 0 saturated heterocycles. The second-order valence-electron chi connectivity index (χ2n) is 5.81. The Labute approximate surface area is 164 Å². The lowest BCUT2D eigenvalue weighted by molar-refractivity contribution is -0.116. The number of rotatable bonds is 5. The van der Waals surface area contributed by atoms with Gasteiger partial charge in [-0.3, -0.25) is 9.47 Å². The fourth-order valence-electron chi connectivity index (χ4n) is 2.70. The smallest absolute Gasteiger partial charge is 0.248 e. The van der Waals surface area contributed by atoms with E-state index in [4.69, 9.17) is 12.2 Å². The number of aromatic nitrogens is 5. The Kier molecular flexibility index (Phi) is 4.69. The minimum absolute atomic E-state index is 0.0220. The van der Waals surface area contributed by atoms with Gasteiger partial charge in [0, 0.05) is 23.3 Å². The average Bonchev–Trinajstić information content (AvgIpc) is 3.38. The van der Waals surface area contributed by atoms with Crippen molar-refractivity contribution in [2.45, 2.75) is 13.5 Å². The van der Waals surface area contributed by atoms with Gasteiger partial charge in [-0.1, -0.05) is 30.3 Å². The third-order valence-electron chi connectivity index (χ3n) is 3.91. The molecule has 0 fully saturated rings. The van der Waals surface area contributed by atoms with Crippen molar-refractivity contribution in [2.24, 2.45) is 0 Å².